The Morgan fingerprint density at radius 3 is 2.33 bits per heavy atom. The number of benzene rings is 1. The molecular formula is C15H17N3OS2. The van der Waals surface area contributed by atoms with E-state index in [0.29, 0.717) is 10.9 Å². The van der Waals surface area contributed by atoms with Crippen LogP contribution < -0.4 is 5.32 Å². The van der Waals surface area contributed by atoms with Crippen molar-refractivity contribution in [1.29, 1.82) is 0 Å². The molecule has 21 heavy (non-hydrogen) atoms. The van der Waals surface area contributed by atoms with Gasteiger partial charge in [-0.25, -0.2) is 9.97 Å². The smallest absolute Gasteiger partial charge is 0.234 e. The van der Waals surface area contributed by atoms with Crippen LogP contribution in [0.25, 0.3) is 0 Å². The summed E-state index contributed by atoms with van der Waals surface area (Å²) in [4.78, 5) is 21.7. The summed E-state index contributed by atoms with van der Waals surface area (Å²) in [7, 11) is 0. The summed E-state index contributed by atoms with van der Waals surface area (Å²) in [5, 5.41) is 3.51. The van der Waals surface area contributed by atoms with Crippen LogP contribution >= 0.6 is 23.5 Å². The zero-order chi connectivity index (χ0) is 15.2. The first kappa shape index (κ1) is 15.9. The SMILES string of the molecule is CSc1ccc(NC(=O)CSc2nc(C)cc(C)n2)cc1. The van der Waals surface area contributed by atoms with Gasteiger partial charge in [-0.3, -0.25) is 4.79 Å². The zero-order valence-electron chi connectivity index (χ0n) is 12.2. The number of carbonyl (C=O) groups is 1. The van der Waals surface area contributed by atoms with Crippen LogP contribution in [0.5, 0.6) is 0 Å². The Labute approximate surface area is 133 Å². The number of nitrogens with one attached hydrogen (secondary N) is 1. The Bertz CT molecular complexity index is 609. The minimum absolute atomic E-state index is 0.0559. The Hall–Kier alpha value is -1.53. The number of aryl methyl sites for hydroxylation is 2. The van der Waals surface area contributed by atoms with E-state index in [1.807, 2.05) is 50.4 Å². The summed E-state index contributed by atoms with van der Waals surface area (Å²) in [6.45, 7) is 3.85. The Kier molecular flexibility index (Phi) is 5.64. The molecule has 1 aromatic heterocycles. The highest BCUT2D eigenvalue weighted by atomic mass is 32.2. The number of nitrogens with zero attached hydrogens (tertiary/aromatic N) is 2. The van der Waals surface area contributed by atoms with E-state index in [-0.39, 0.29) is 5.91 Å². The first-order valence-electron chi connectivity index (χ1n) is 6.46. The molecule has 1 heterocycles. The minimum Gasteiger partial charge on any atom is -0.325 e. The molecule has 0 aliphatic heterocycles. The summed E-state index contributed by atoms with van der Waals surface area (Å²) in [6, 6.07) is 9.70. The fourth-order valence-electron chi connectivity index (χ4n) is 1.76. The van der Waals surface area contributed by atoms with Gasteiger partial charge in [0.05, 0.1) is 5.75 Å². The highest BCUT2D eigenvalue weighted by Gasteiger charge is 2.06. The first-order valence-corrected chi connectivity index (χ1v) is 8.67. The third-order valence-electron chi connectivity index (χ3n) is 2.67. The monoisotopic (exact) mass is 319 g/mol. The van der Waals surface area contributed by atoms with Crippen LogP contribution in [0.4, 0.5) is 5.69 Å². The number of rotatable bonds is 5. The van der Waals surface area contributed by atoms with Crippen LogP contribution in [0.2, 0.25) is 0 Å². The van der Waals surface area contributed by atoms with Crippen LogP contribution in [0.3, 0.4) is 0 Å². The molecule has 0 aliphatic carbocycles. The van der Waals surface area contributed by atoms with Gasteiger partial charge in [-0.05, 0) is 50.4 Å². The summed E-state index contributed by atoms with van der Waals surface area (Å²) in [5.41, 5.74) is 2.64. The van der Waals surface area contributed by atoms with Crippen LogP contribution in [0.1, 0.15) is 11.4 Å². The molecule has 110 valence electrons. The second-order valence-corrected chi connectivity index (χ2v) is 6.32. The van der Waals surface area contributed by atoms with Crippen molar-refractivity contribution in [2.45, 2.75) is 23.9 Å². The predicted molar refractivity (Wildman–Crippen MR) is 89.1 cm³/mol. The Balaban J connectivity index is 1.89. The molecule has 0 bridgehead atoms. The van der Waals surface area contributed by atoms with Crippen molar-refractivity contribution in [1.82, 2.24) is 9.97 Å². The summed E-state index contributed by atoms with van der Waals surface area (Å²) < 4.78 is 0. The van der Waals surface area contributed by atoms with Gasteiger partial charge in [0.25, 0.3) is 0 Å². The molecule has 0 spiro atoms. The van der Waals surface area contributed by atoms with Gasteiger partial charge in [0.2, 0.25) is 5.91 Å². The molecule has 0 unspecified atom stereocenters. The maximum absolute atomic E-state index is 11.9. The van der Waals surface area contributed by atoms with E-state index in [1.54, 1.807) is 11.8 Å². The number of hydrogen-bond acceptors (Lipinski definition) is 5. The van der Waals surface area contributed by atoms with Gasteiger partial charge >= 0.3 is 0 Å². The van der Waals surface area contributed by atoms with Crippen molar-refractivity contribution in [3.05, 3.63) is 41.7 Å². The quantitative estimate of drug-likeness (QED) is 0.675. The fraction of sp³-hybridized carbons (Fsp3) is 0.267. The lowest BCUT2D eigenvalue weighted by atomic mass is 10.3. The van der Waals surface area contributed by atoms with E-state index in [4.69, 9.17) is 0 Å². The van der Waals surface area contributed by atoms with Crippen LogP contribution in [0.15, 0.2) is 40.4 Å². The molecule has 0 atom stereocenters. The molecule has 2 aromatic rings. The molecule has 1 aromatic carbocycles. The van der Waals surface area contributed by atoms with Gasteiger partial charge < -0.3 is 5.32 Å². The molecule has 0 radical (unpaired) electrons. The molecule has 6 heteroatoms. The maximum Gasteiger partial charge on any atom is 0.234 e. The van der Waals surface area contributed by atoms with Gasteiger partial charge in [0.1, 0.15) is 0 Å². The highest BCUT2D eigenvalue weighted by Crippen LogP contribution is 2.18. The second-order valence-electron chi connectivity index (χ2n) is 4.50. The number of amides is 1. The topological polar surface area (TPSA) is 54.9 Å². The van der Waals surface area contributed by atoms with E-state index in [9.17, 15) is 4.79 Å². The van der Waals surface area contributed by atoms with Crippen molar-refractivity contribution < 1.29 is 4.79 Å². The molecule has 1 amide bonds. The molecule has 0 aliphatic rings. The lowest BCUT2D eigenvalue weighted by Crippen LogP contribution is -2.14. The normalized spacial score (nSPS) is 10.4. The number of thioether (sulfide) groups is 2. The van der Waals surface area contributed by atoms with Crippen LogP contribution in [-0.4, -0.2) is 27.9 Å². The number of aromatic nitrogens is 2. The van der Waals surface area contributed by atoms with Crippen LogP contribution in [-0.2, 0) is 4.79 Å². The van der Waals surface area contributed by atoms with Crippen molar-refractivity contribution in [2.75, 3.05) is 17.3 Å². The van der Waals surface area contributed by atoms with E-state index in [1.165, 1.54) is 16.7 Å². The molecular weight excluding hydrogens is 302 g/mol. The van der Waals surface area contributed by atoms with Gasteiger partial charge in [0, 0.05) is 22.0 Å². The number of hydrogen-bond donors (Lipinski definition) is 1. The largest absolute Gasteiger partial charge is 0.325 e. The van der Waals surface area contributed by atoms with Crippen LogP contribution in [0, 0.1) is 13.8 Å². The Morgan fingerprint density at radius 1 is 1.14 bits per heavy atom. The fourth-order valence-corrected chi connectivity index (χ4v) is 2.92. The summed E-state index contributed by atoms with van der Waals surface area (Å²) in [5.74, 6) is 0.243. The van der Waals surface area contributed by atoms with Crippen molar-refractivity contribution in [3.63, 3.8) is 0 Å². The number of anilines is 1. The highest BCUT2D eigenvalue weighted by molar-refractivity contribution is 7.99. The van der Waals surface area contributed by atoms with Crippen molar-refractivity contribution >= 4 is 35.1 Å². The van der Waals surface area contributed by atoms with E-state index in [0.717, 1.165) is 17.1 Å². The third kappa shape index (κ3) is 5.06. The molecule has 0 saturated heterocycles. The first-order chi connectivity index (χ1) is 10.1. The van der Waals surface area contributed by atoms with Gasteiger partial charge in [0.15, 0.2) is 5.16 Å². The number of carbonyl (C=O) groups excluding carboxylic acids is 1. The minimum atomic E-state index is -0.0559. The van der Waals surface area contributed by atoms with Crippen molar-refractivity contribution in [2.24, 2.45) is 0 Å². The lowest BCUT2D eigenvalue weighted by Gasteiger charge is -2.06. The van der Waals surface area contributed by atoms with Gasteiger partial charge in [-0.2, -0.15) is 0 Å². The summed E-state index contributed by atoms with van der Waals surface area (Å²) >= 11 is 3.02. The average molecular weight is 319 g/mol. The van der Waals surface area contributed by atoms with Crippen molar-refractivity contribution in [3.8, 4) is 0 Å². The van der Waals surface area contributed by atoms with E-state index in [2.05, 4.69) is 15.3 Å². The molecule has 1 N–H and O–H groups in total. The average Bonchev–Trinajstić information content (AvgIpc) is 2.45. The Morgan fingerprint density at radius 2 is 1.76 bits per heavy atom. The third-order valence-corrected chi connectivity index (χ3v) is 4.26. The van der Waals surface area contributed by atoms with E-state index < -0.39 is 0 Å². The van der Waals surface area contributed by atoms with Gasteiger partial charge in [-0.1, -0.05) is 11.8 Å². The second kappa shape index (κ2) is 7.47. The maximum atomic E-state index is 11.9. The zero-order valence-corrected chi connectivity index (χ0v) is 13.8. The standard InChI is InChI=1S/C15H17N3OS2/c1-10-8-11(2)17-15(16-10)21-9-14(19)18-12-4-6-13(20-3)7-5-12/h4-8H,9H2,1-3H3,(H,18,19). The lowest BCUT2D eigenvalue weighted by molar-refractivity contribution is -0.113. The molecule has 4 nitrogen and oxygen atoms in total. The molecule has 0 fully saturated rings. The summed E-state index contributed by atoms with van der Waals surface area (Å²) in [6.07, 6.45) is 2.02. The molecule has 2 rings (SSSR count). The van der Waals surface area contributed by atoms with E-state index >= 15 is 0 Å². The van der Waals surface area contributed by atoms with Gasteiger partial charge in [-0.15, -0.1) is 11.8 Å². The molecule has 0 saturated carbocycles. The predicted octanol–water partition coefficient (Wildman–Crippen LogP) is 3.55.